The summed E-state index contributed by atoms with van der Waals surface area (Å²) in [6, 6.07) is 10.2. The zero-order chi connectivity index (χ0) is 23.1. The fourth-order valence-corrected chi connectivity index (χ4v) is 3.26. The van der Waals surface area contributed by atoms with Gasteiger partial charge in [0.2, 0.25) is 0 Å². The molecule has 0 saturated carbocycles. The van der Waals surface area contributed by atoms with Crippen LogP contribution >= 0.6 is 0 Å². The number of halogens is 7. The average molecular weight is 457 g/mol. The average Bonchev–Trinajstić information content (AvgIpc) is 3.55. The molecular weight excluding hydrogens is 443 g/mol. The Morgan fingerprint density at radius 3 is 2.09 bits per heavy atom. The minimum absolute atomic E-state index is 0.00339. The molecule has 0 bridgehead atoms. The number of pyridine rings is 1. The summed E-state index contributed by atoms with van der Waals surface area (Å²) in [5, 5.41) is 0. The van der Waals surface area contributed by atoms with Crippen molar-refractivity contribution in [3.63, 3.8) is 0 Å². The second kappa shape index (κ2) is 7.77. The molecule has 1 saturated heterocycles. The zero-order valence-electron chi connectivity index (χ0n) is 16.1. The molecule has 10 heteroatoms. The van der Waals surface area contributed by atoms with E-state index < -0.39 is 53.8 Å². The highest BCUT2D eigenvalue weighted by Crippen LogP contribution is 2.56. The van der Waals surface area contributed by atoms with Crippen molar-refractivity contribution in [2.24, 2.45) is 0 Å². The van der Waals surface area contributed by atoms with Crippen LogP contribution in [0.25, 0.3) is 11.1 Å². The van der Waals surface area contributed by atoms with Gasteiger partial charge in [-0.25, -0.2) is 8.78 Å². The van der Waals surface area contributed by atoms with Crippen molar-refractivity contribution in [3.8, 4) is 16.9 Å². The Balaban J connectivity index is 1.54. The third-order valence-electron chi connectivity index (χ3n) is 4.98. The van der Waals surface area contributed by atoms with E-state index in [0.717, 1.165) is 24.4 Å². The number of hydrogen-bond acceptors (Lipinski definition) is 3. The first-order chi connectivity index (χ1) is 15.0. The van der Waals surface area contributed by atoms with Gasteiger partial charge in [-0.2, -0.15) is 22.0 Å². The quantitative estimate of drug-likeness (QED) is 0.337. The minimum atomic E-state index is -4.47. The van der Waals surface area contributed by atoms with E-state index in [9.17, 15) is 22.0 Å². The largest absolute Gasteiger partial charge is 0.484 e. The molecule has 1 aliphatic heterocycles. The van der Waals surface area contributed by atoms with E-state index in [-0.39, 0.29) is 5.75 Å². The molecular formula is C22H14F7NO2. The normalized spacial score (nSPS) is 18.5. The van der Waals surface area contributed by atoms with Crippen molar-refractivity contribution in [3.05, 3.63) is 83.7 Å². The van der Waals surface area contributed by atoms with Crippen LogP contribution in [0.1, 0.15) is 11.3 Å². The molecule has 0 spiro atoms. The first kappa shape index (κ1) is 22.1. The van der Waals surface area contributed by atoms with Gasteiger partial charge >= 0.3 is 12.1 Å². The van der Waals surface area contributed by atoms with Gasteiger partial charge in [0, 0.05) is 23.4 Å². The molecule has 1 fully saturated rings. The molecule has 1 aromatic heterocycles. The lowest BCUT2D eigenvalue weighted by Crippen LogP contribution is -2.34. The van der Waals surface area contributed by atoms with Crippen LogP contribution in [0, 0.1) is 11.6 Å². The first-order valence-electron chi connectivity index (χ1n) is 9.26. The number of alkyl halides is 5. The molecule has 4 rings (SSSR count). The van der Waals surface area contributed by atoms with Gasteiger partial charge in [0.1, 0.15) is 23.1 Å². The van der Waals surface area contributed by atoms with E-state index in [1.807, 2.05) is 0 Å². The van der Waals surface area contributed by atoms with E-state index in [0.29, 0.717) is 17.2 Å². The molecule has 3 aromatic rings. The molecule has 0 unspecified atom stereocenters. The minimum Gasteiger partial charge on any atom is -0.484 e. The highest BCUT2D eigenvalue weighted by molar-refractivity contribution is 5.63. The lowest BCUT2D eigenvalue weighted by atomic mass is 9.90. The van der Waals surface area contributed by atoms with E-state index >= 15 is 8.78 Å². The molecule has 3 nitrogen and oxygen atoms in total. The third kappa shape index (κ3) is 4.14. The number of nitrogens with zero attached hydrogens (tertiary/aromatic N) is 1. The van der Waals surface area contributed by atoms with Crippen LogP contribution in [-0.2, 0) is 16.3 Å². The Morgan fingerprint density at radius 2 is 1.56 bits per heavy atom. The summed E-state index contributed by atoms with van der Waals surface area (Å²) < 4.78 is 104. The molecule has 0 aliphatic carbocycles. The standard InChI is InChI=1S/C22H14F7NO2/c23-15-4-7-17(18(24)9-15)20(11-32-20)22(28,29)19-8-3-14(10-30-19)13-1-5-16(6-2-13)31-12-21(25,26)27/h1-10H,11-12H2/t20-/m0/s1. The van der Waals surface area contributed by atoms with Crippen LogP contribution in [0.2, 0.25) is 0 Å². The summed E-state index contributed by atoms with van der Waals surface area (Å²) in [4.78, 5) is 3.79. The summed E-state index contributed by atoms with van der Waals surface area (Å²) >= 11 is 0. The fraction of sp³-hybridized carbons (Fsp3) is 0.227. The van der Waals surface area contributed by atoms with Gasteiger partial charge in [0.25, 0.3) is 0 Å². The number of epoxide rings is 1. The van der Waals surface area contributed by atoms with Crippen molar-refractivity contribution < 1.29 is 40.2 Å². The lowest BCUT2D eigenvalue weighted by molar-refractivity contribution is -0.153. The topological polar surface area (TPSA) is 34.6 Å². The van der Waals surface area contributed by atoms with Crippen LogP contribution in [0.5, 0.6) is 5.75 Å². The fourth-order valence-electron chi connectivity index (χ4n) is 3.26. The van der Waals surface area contributed by atoms with Gasteiger partial charge in [-0.05, 0) is 35.9 Å². The highest BCUT2D eigenvalue weighted by Gasteiger charge is 2.68. The van der Waals surface area contributed by atoms with Crippen molar-refractivity contribution in [1.29, 1.82) is 0 Å². The van der Waals surface area contributed by atoms with Gasteiger partial charge in [-0.1, -0.05) is 18.2 Å². The number of benzene rings is 2. The van der Waals surface area contributed by atoms with Gasteiger partial charge in [-0.3, -0.25) is 4.98 Å². The van der Waals surface area contributed by atoms with Crippen LogP contribution in [0.15, 0.2) is 60.8 Å². The Morgan fingerprint density at radius 1 is 0.906 bits per heavy atom. The van der Waals surface area contributed by atoms with Crippen molar-refractivity contribution in [1.82, 2.24) is 4.98 Å². The summed E-state index contributed by atoms with van der Waals surface area (Å²) in [7, 11) is 0. The summed E-state index contributed by atoms with van der Waals surface area (Å²) in [5.41, 5.74) is -2.49. The lowest BCUT2D eigenvalue weighted by Gasteiger charge is -2.24. The van der Waals surface area contributed by atoms with Gasteiger partial charge in [0.15, 0.2) is 12.2 Å². The maximum atomic E-state index is 15.2. The Bertz CT molecular complexity index is 1110. The van der Waals surface area contributed by atoms with Gasteiger partial charge in [0.05, 0.1) is 6.61 Å². The molecule has 0 amide bonds. The third-order valence-corrected chi connectivity index (χ3v) is 4.98. The molecule has 1 atom stereocenters. The number of aromatic nitrogens is 1. The van der Waals surface area contributed by atoms with Crippen LogP contribution in [0.4, 0.5) is 30.7 Å². The Kier molecular flexibility index (Phi) is 5.36. The Hall–Kier alpha value is -3.14. The van der Waals surface area contributed by atoms with Gasteiger partial charge in [-0.15, -0.1) is 0 Å². The molecule has 2 heterocycles. The molecule has 0 N–H and O–H groups in total. The second-order valence-corrected chi connectivity index (χ2v) is 7.17. The molecule has 0 radical (unpaired) electrons. The predicted molar refractivity (Wildman–Crippen MR) is 99.1 cm³/mol. The SMILES string of the molecule is Fc1ccc([C@]2(C(F)(F)c3ccc(-c4ccc(OCC(F)(F)F)cc4)cn3)CO2)c(F)c1. The number of hydrogen-bond donors (Lipinski definition) is 0. The second-order valence-electron chi connectivity index (χ2n) is 7.17. The summed E-state index contributed by atoms with van der Waals surface area (Å²) in [6.45, 7) is -1.90. The number of ether oxygens (including phenoxy) is 2. The van der Waals surface area contributed by atoms with Crippen molar-refractivity contribution >= 4 is 0 Å². The molecule has 168 valence electrons. The Labute approximate surface area is 177 Å². The smallest absolute Gasteiger partial charge is 0.422 e. The monoisotopic (exact) mass is 457 g/mol. The van der Waals surface area contributed by atoms with Crippen molar-refractivity contribution in [2.45, 2.75) is 17.7 Å². The summed E-state index contributed by atoms with van der Waals surface area (Å²) in [5.74, 6) is -5.76. The number of rotatable bonds is 6. The molecule has 2 aromatic carbocycles. The maximum absolute atomic E-state index is 15.2. The highest BCUT2D eigenvalue weighted by atomic mass is 19.4. The summed E-state index contributed by atoms with van der Waals surface area (Å²) in [6.07, 6.45) is -3.31. The molecule has 1 aliphatic rings. The van der Waals surface area contributed by atoms with Crippen LogP contribution in [0.3, 0.4) is 0 Å². The predicted octanol–water partition coefficient (Wildman–Crippen LogP) is 5.99. The first-order valence-corrected chi connectivity index (χ1v) is 9.26. The van der Waals surface area contributed by atoms with E-state index in [1.165, 1.54) is 30.3 Å². The van der Waals surface area contributed by atoms with Crippen LogP contribution < -0.4 is 4.74 Å². The zero-order valence-corrected chi connectivity index (χ0v) is 16.1. The van der Waals surface area contributed by atoms with E-state index in [1.54, 1.807) is 0 Å². The van der Waals surface area contributed by atoms with Crippen molar-refractivity contribution in [2.75, 3.05) is 13.2 Å². The van der Waals surface area contributed by atoms with E-state index in [4.69, 9.17) is 4.74 Å². The maximum Gasteiger partial charge on any atom is 0.422 e. The van der Waals surface area contributed by atoms with Crippen LogP contribution in [-0.4, -0.2) is 24.4 Å². The van der Waals surface area contributed by atoms with E-state index in [2.05, 4.69) is 9.72 Å². The molecule has 32 heavy (non-hydrogen) atoms. The van der Waals surface area contributed by atoms with Gasteiger partial charge < -0.3 is 9.47 Å².